The van der Waals surface area contributed by atoms with Gasteiger partial charge in [0.25, 0.3) is 0 Å². The summed E-state index contributed by atoms with van der Waals surface area (Å²) < 4.78 is 10.7. The van der Waals surface area contributed by atoms with Gasteiger partial charge in [0.1, 0.15) is 17.8 Å². The summed E-state index contributed by atoms with van der Waals surface area (Å²) in [6, 6.07) is 14.5. The van der Waals surface area contributed by atoms with Crippen LogP contribution in [-0.4, -0.2) is 39.9 Å². The van der Waals surface area contributed by atoms with E-state index < -0.39 is 0 Å². The highest BCUT2D eigenvalue weighted by molar-refractivity contribution is 5.89. The van der Waals surface area contributed by atoms with Crippen molar-refractivity contribution in [1.29, 1.82) is 0 Å². The number of aromatic amines is 1. The second kappa shape index (κ2) is 9.12. The number of aryl methyl sites for hydroxylation is 1. The number of urea groups is 1. The minimum Gasteiger partial charge on any atom is -0.497 e. The zero-order valence-corrected chi connectivity index (χ0v) is 17.2. The number of benzene rings is 2. The summed E-state index contributed by atoms with van der Waals surface area (Å²) in [6.07, 6.45) is 2.14. The van der Waals surface area contributed by atoms with Crippen molar-refractivity contribution in [3.63, 3.8) is 0 Å². The van der Waals surface area contributed by atoms with Crippen LogP contribution in [0, 0.1) is 6.92 Å². The van der Waals surface area contributed by atoms with Gasteiger partial charge in [-0.15, -0.1) is 0 Å². The minimum absolute atomic E-state index is 0.304. The molecule has 0 atom stereocenters. The molecule has 9 heteroatoms. The minimum atomic E-state index is -0.304. The Kier molecular flexibility index (Phi) is 5.93. The van der Waals surface area contributed by atoms with Crippen LogP contribution < -0.4 is 15.4 Å². The highest BCUT2D eigenvalue weighted by atomic mass is 16.5. The third-order valence-corrected chi connectivity index (χ3v) is 4.53. The van der Waals surface area contributed by atoms with E-state index in [0.29, 0.717) is 30.4 Å². The first-order chi connectivity index (χ1) is 15.1. The number of carbonyl (C=O) groups is 1. The first-order valence-corrected chi connectivity index (χ1v) is 9.74. The van der Waals surface area contributed by atoms with E-state index in [-0.39, 0.29) is 6.03 Å². The number of carbonyl (C=O) groups excluding carboxylic acids is 1. The normalized spacial score (nSPS) is 10.6. The number of hydrogen-bond donors (Lipinski definition) is 3. The zero-order valence-electron chi connectivity index (χ0n) is 17.2. The summed E-state index contributed by atoms with van der Waals surface area (Å²) in [5.74, 6) is 2.61. The van der Waals surface area contributed by atoms with Crippen LogP contribution in [0.1, 0.15) is 11.5 Å². The van der Waals surface area contributed by atoms with Gasteiger partial charge in [-0.2, -0.15) is 5.10 Å². The molecule has 2 amide bonds. The molecule has 0 bridgehead atoms. The molecule has 0 unspecified atom stereocenters. The van der Waals surface area contributed by atoms with Gasteiger partial charge in [0.05, 0.1) is 12.8 Å². The molecule has 0 fully saturated rings. The molecule has 2 aromatic carbocycles. The molecule has 0 aliphatic carbocycles. The fourth-order valence-corrected chi connectivity index (χ4v) is 2.98. The van der Waals surface area contributed by atoms with Crippen LogP contribution in [0.3, 0.4) is 0 Å². The lowest BCUT2D eigenvalue weighted by atomic mass is 10.2. The summed E-state index contributed by atoms with van der Waals surface area (Å²) in [5, 5.41) is 12.6. The Balaban J connectivity index is 1.28. The van der Waals surface area contributed by atoms with E-state index in [1.54, 1.807) is 19.4 Å². The third-order valence-electron chi connectivity index (χ3n) is 4.53. The van der Waals surface area contributed by atoms with Gasteiger partial charge >= 0.3 is 6.03 Å². The van der Waals surface area contributed by atoms with Crippen LogP contribution in [0.2, 0.25) is 0 Å². The maximum Gasteiger partial charge on any atom is 0.319 e. The molecule has 4 aromatic rings. The van der Waals surface area contributed by atoms with E-state index in [4.69, 9.17) is 9.15 Å². The van der Waals surface area contributed by atoms with Gasteiger partial charge in [0.2, 0.25) is 5.89 Å². The van der Waals surface area contributed by atoms with E-state index in [9.17, 15) is 4.79 Å². The maximum absolute atomic E-state index is 12.2. The third kappa shape index (κ3) is 5.08. The van der Waals surface area contributed by atoms with Gasteiger partial charge in [-0.1, -0.05) is 12.1 Å². The van der Waals surface area contributed by atoms with Crippen LogP contribution in [0.5, 0.6) is 5.75 Å². The average molecular weight is 418 g/mol. The van der Waals surface area contributed by atoms with Gasteiger partial charge in [0.15, 0.2) is 5.82 Å². The van der Waals surface area contributed by atoms with Gasteiger partial charge in [0, 0.05) is 29.8 Å². The molecule has 158 valence electrons. The molecule has 4 rings (SSSR count). The molecule has 0 saturated carbocycles. The molecule has 0 aliphatic heterocycles. The number of ether oxygens (including phenoxy) is 1. The van der Waals surface area contributed by atoms with Crippen molar-refractivity contribution in [3.8, 4) is 28.6 Å². The summed E-state index contributed by atoms with van der Waals surface area (Å²) in [6.45, 7) is 2.25. The molecule has 31 heavy (non-hydrogen) atoms. The summed E-state index contributed by atoms with van der Waals surface area (Å²) in [4.78, 5) is 21.0. The second-order valence-corrected chi connectivity index (χ2v) is 6.83. The van der Waals surface area contributed by atoms with Gasteiger partial charge in [-0.3, -0.25) is 5.10 Å². The Morgan fingerprint density at radius 2 is 1.97 bits per heavy atom. The fraction of sp³-hybridized carbons (Fsp3) is 0.182. The monoisotopic (exact) mass is 418 g/mol. The Labute approximate surface area is 178 Å². The summed E-state index contributed by atoms with van der Waals surface area (Å²) in [5.41, 5.74) is 3.09. The standard InChI is InChI=1S/C22H22N6O3/c1-14-24-20(28-27-14)16-4-3-5-17(12-16)26-22(29)23-11-10-18-13-31-21(25-18)15-6-8-19(30-2)9-7-15/h3-9,12-13H,10-11H2,1-2H3,(H2,23,26,29)(H,24,27,28). The van der Waals surface area contributed by atoms with Crippen molar-refractivity contribution in [1.82, 2.24) is 25.5 Å². The molecule has 0 saturated heterocycles. The molecule has 0 radical (unpaired) electrons. The highest BCUT2D eigenvalue weighted by Gasteiger charge is 2.09. The molecule has 0 spiro atoms. The highest BCUT2D eigenvalue weighted by Crippen LogP contribution is 2.22. The number of nitrogens with one attached hydrogen (secondary N) is 3. The number of aromatic nitrogens is 4. The molecule has 9 nitrogen and oxygen atoms in total. The Hall–Kier alpha value is -4.14. The van der Waals surface area contributed by atoms with Crippen molar-refractivity contribution in [2.45, 2.75) is 13.3 Å². The van der Waals surface area contributed by atoms with Gasteiger partial charge < -0.3 is 19.8 Å². The van der Waals surface area contributed by atoms with Crippen LogP contribution in [-0.2, 0) is 6.42 Å². The van der Waals surface area contributed by atoms with Crippen LogP contribution in [0.15, 0.2) is 59.2 Å². The lowest BCUT2D eigenvalue weighted by Crippen LogP contribution is -2.30. The first kappa shape index (κ1) is 20.1. The molecular weight excluding hydrogens is 396 g/mol. The van der Waals surface area contributed by atoms with Crippen molar-refractivity contribution in [2.24, 2.45) is 0 Å². The van der Waals surface area contributed by atoms with Crippen LogP contribution in [0.4, 0.5) is 10.5 Å². The lowest BCUT2D eigenvalue weighted by Gasteiger charge is -2.07. The topological polar surface area (TPSA) is 118 Å². The number of oxazole rings is 1. The van der Waals surface area contributed by atoms with Gasteiger partial charge in [-0.05, 0) is 43.3 Å². The Bertz CT molecular complexity index is 1170. The van der Waals surface area contributed by atoms with Crippen LogP contribution in [0.25, 0.3) is 22.8 Å². The van der Waals surface area contributed by atoms with Crippen LogP contribution >= 0.6 is 0 Å². The molecule has 2 heterocycles. The van der Waals surface area contributed by atoms with Crippen molar-refractivity contribution in [3.05, 3.63) is 66.3 Å². The van der Waals surface area contributed by atoms with E-state index in [1.165, 1.54) is 0 Å². The molecule has 2 aromatic heterocycles. The average Bonchev–Trinajstić information content (AvgIpc) is 3.43. The van der Waals surface area contributed by atoms with E-state index in [2.05, 4.69) is 30.8 Å². The van der Waals surface area contributed by atoms with E-state index >= 15 is 0 Å². The van der Waals surface area contributed by atoms with E-state index in [0.717, 1.165) is 28.4 Å². The smallest absolute Gasteiger partial charge is 0.319 e. The lowest BCUT2D eigenvalue weighted by molar-refractivity contribution is 0.252. The number of methoxy groups -OCH3 is 1. The largest absolute Gasteiger partial charge is 0.497 e. The number of hydrogen-bond acceptors (Lipinski definition) is 6. The first-order valence-electron chi connectivity index (χ1n) is 9.74. The Morgan fingerprint density at radius 3 is 2.71 bits per heavy atom. The second-order valence-electron chi connectivity index (χ2n) is 6.83. The number of amides is 2. The number of H-pyrrole nitrogens is 1. The number of anilines is 1. The zero-order chi connectivity index (χ0) is 21.6. The number of nitrogens with zero attached hydrogens (tertiary/aromatic N) is 3. The van der Waals surface area contributed by atoms with E-state index in [1.807, 2.05) is 49.4 Å². The fourth-order valence-electron chi connectivity index (χ4n) is 2.98. The van der Waals surface area contributed by atoms with Gasteiger partial charge in [-0.25, -0.2) is 14.8 Å². The maximum atomic E-state index is 12.2. The van der Waals surface area contributed by atoms with Crippen molar-refractivity contribution < 1.29 is 13.9 Å². The summed E-state index contributed by atoms with van der Waals surface area (Å²) in [7, 11) is 1.62. The molecule has 0 aliphatic rings. The predicted octanol–water partition coefficient (Wildman–Crippen LogP) is 3.81. The van der Waals surface area contributed by atoms with Crippen molar-refractivity contribution >= 4 is 11.7 Å². The van der Waals surface area contributed by atoms with Crippen molar-refractivity contribution in [2.75, 3.05) is 19.0 Å². The Morgan fingerprint density at radius 1 is 1.13 bits per heavy atom. The quantitative estimate of drug-likeness (QED) is 0.420. The molecule has 3 N–H and O–H groups in total. The summed E-state index contributed by atoms with van der Waals surface area (Å²) >= 11 is 0. The number of rotatable bonds is 7. The molecular formula is C22H22N6O3. The SMILES string of the molecule is COc1ccc(-c2nc(CCNC(=O)Nc3cccc(-c4n[nH]c(C)n4)c3)co2)cc1. The predicted molar refractivity (Wildman–Crippen MR) is 116 cm³/mol.